The predicted octanol–water partition coefficient (Wildman–Crippen LogP) is 5.52. The van der Waals surface area contributed by atoms with Crippen LogP contribution < -0.4 is 15.0 Å². The van der Waals surface area contributed by atoms with Crippen molar-refractivity contribution in [2.45, 2.75) is 38.6 Å². The van der Waals surface area contributed by atoms with Crippen molar-refractivity contribution < 1.29 is 18.7 Å². The number of thiophene rings is 1. The second-order valence-corrected chi connectivity index (χ2v) is 9.76. The van der Waals surface area contributed by atoms with Crippen LogP contribution in [0.5, 0.6) is 11.5 Å². The van der Waals surface area contributed by atoms with Crippen LogP contribution in [0, 0.1) is 0 Å². The van der Waals surface area contributed by atoms with E-state index in [1.165, 1.54) is 17.7 Å². The number of ether oxygens (including phenoxy) is 2. The Morgan fingerprint density at radius 1 is 1.25 bits per heavy atom. The van der Waals surface area contributed by atoms with Gasteiger partial charge in [-0.1, -0.05) is 19.1 Å². The number of fused-ring (bicyclic) bond motifs is 3. The van der Waals surface area contributed by atoms with Crippen molar-refractivity contribution in [1.82, 2.24) is 14.5 Å². The summed E-state index contributed by atoms with van der Waals surface area (Å²) in [6, 6.07) is 11.3. The fourth-order valence-electron chi connectivity index (χ4n) is 4.46. The average Bonchev–Trinajstić information content (AvgIpc) is 3.48. The molecular formula is C27H23N3O5S. The monoisotopic (exact) mass is 501 g/mol. The van der Waals surface area contributed by atoms with E-state index in [0.717, 1.165) is 34.4 Å². The van der Waals surface area contributed by atoms with Crippen LogP contribution >= 0.6 is 11.3 Å². The highest BCUT2D eigenvalue weighted by Gasteiger charge is 2.29. The van der Waals surface area contributed by atoms with Crippen molar-refractivity contribution in [3.8, 4) is 22.9 Å². The Balaban J connectivity index is 1.63. The van der Waals surface area contributed by atoms with E-state index in [1.807, 2.05) is 24.3 Å². The Labute approximate surface area is 210 Å². The zero-order valence-corrected chi connectivity index (χ0v) is 20.6. The molecule has 0 bridgehead atoms. The molecule has 9 heteroatoms. The number of hydrogen-bond donors (Lipinski definition) is 0. The van der Waals surface area contributed by atoms with E-state index in [0.29, 0.717) is 38.9 Å². The molecule has 0 amide bonds. The lowest BCUT2D eigenvalue weighted by Gasteiger charge is -2.15. The number of rotatable bonds is 7. The quantitative estimate of drug-likeness (QED) is 0.214. The molecule has 1 aliphatic rings. The highest BCUT2D eigenvalue weighted by molar-refractivity contribution is 7.25. The van der Waals surface area contributed by atoms with E-state index in [9.17, 15) is 9.59 Å². The highest BCUT2D eigenvalue weighted by Crippen LogP contribution is 2.46. The zero-order valence-electron chi connectivity index (χ0n) is 19.8. The van der Waals surface area contributed by atoms with Gasteiger partial charge in [-0.2, -0.15) is 0 Å². The molecule has 0 atom stereocenters. The minimum atomic E-state index is -0.330. The van der Waals surface area contributed by atoms with E-state index >= 15 is 0 Å². The predicted molar refractivity (Wildman–Crippen MR) is 137 cm³/mol. The smallest absolute Gasteiger partial charge is 0.310 e. The summed E-state index contributed by atoms with van der Waals surface area (Å²) in [5, 5.41) is 1.21. The molecule has 0 spiro atoms. The van der Waals surface area contributed by atoms with Crippen LogP contribution in [-0.4, -0.2) is 27.6 Å². The minimum absolute atomic E-state index is 0.186. The molecule has 36 heavy (non-hydrogen) atoms. The lowest BCUT2D eigenvalue weighted by atomic mass is 10.0. The number of nitrogens with zero attached hydrogens (tertiary/aromatic N) is 3. The van der Waals surface area contributed by atoms with Crippen LogP contribution in [0.2, 0.25) is 0 Å². The van der Waals surface area contributed by atoms with Crippen LogP contribution in [-0.2, 0) is 11.3 Å². The van der Waals surface area contributed by atoms with Crippen LogP contribution in [0.25, 0.3) is 31.7 Å². The molecule has 5 aromatic rings. The van der Waals surface area contributed by atoms with Crippen LogP contribution in [0.3, 0.4) is 0 Å². The van der Waals surface area contributed by atoms with Crippen LogP contribution in [0.1, 0.15) is 43.4 Å². The second-order valence-electron chi connectivity index (χ2n) is 8.76. The van der Waals surface area contributed by atoms with Crippen molar-refractivity contribution in [3.05, 3.63) is 70.7 Å². The lowest BCUT2D eigenvalue weighted by molar-refractivity contribution is -0.133. The standard InChI is InChI=1S/C27H23N3O5S/c1-3-22(31)35-21-6-4-5-19-23-26(36-24(19)21)29-25(30(27(23)32)13-17-12-28-14-34-17)18-10-9-16(33-2)11-20(18)15-7-8-15/h4-6,9-12,14-15H,3,7-8,13H2,1-2H3. The van der Waals surface area contributed by atoms with Gasteiger partial charge < -0.3 is 13.9 Å². The third-order valence-electron chi connectivity index (χ3n) is 6.41. The summed E-state index contributed by atoms with van der Waals surface area (Å²) in [5.74, 6) is 2.40. The number of benzene rings is 2. The largest absolute Gasteiger partial charge is 0.497 e. The maximum Gasteiger partial charge on any atom is 0.310 e. The molecule has 1 aliphatic carbocycles. The van der Waals surface area contributed by atoms with E-state index in [1.54, 1.807) is 36.9 Å². The van der Waals surface area contributed by atoms with Gasteiger partial charge >= 0.3 is 5.97 Å². The average molecular weight is 502 g/mol. The molecule has 0 aliphatic heterocycles. The molecule has 182 valence electrons. The van der Waals surface area contributed by atoms with E-state index in [4.69, 9.17) is 18.9 Å². The van der Waals surface area contributed by atoms with Crippen LogP contribution in [0.15, 0.2) is 58.2 Å². The van der Waals surface area contributed by atoms with E-state index in [2.05, 4.69) is 4.98 Å². The summed E-state index contributed by atoms with van der Waals surface area (Å²) in [7, 11) is 1.65. The fraction of sp³-hybridized carbons (Fsp3) is 0.259. The highest BCUT2D eigenvalue weighted by atomic mass is 32.1. The van der Waals surface area contributed by atoms with Gasteiger partial charge in [0.2, 0.25) is 0 Å². The zero-order chi connectivity index (χ0) is 24.8. The first kappa shape index (κ1) is 22.5. The van der Waals surface area contributed by atoms with Gasteiger partial charge in [0.15, 0.2) is 6.39 Å². The molecule has 3 aromatic heterocycles. The summed E-state index contributed by atoms with van der Waals surface area (Å²) in [5.41, 5.74) is 1.83. The first-order valence-electron chi connectivity index (χ1n) is 11.8. The first-order chi connectivity index (χ1) is 17.6. The Hall–Kier alpha value is -3.98. The molecule has 0 unspecified atom stereocenters. The van der Waals surface area contributed by atoms with Gasteiger partial charge in [0.1, 0.15) is 27.9 Å². The third-order valence-corrected chi connectivity index (χ3v) is 7.52. The maximum atomic E-state index is 14.1. The van der Waals surface area contributed by atoms with Gasteiger partial charge in [-0.25, -0.2) is 9.97 Å². The van der Waals surface area contributed by atoms with Gasteiger partial charge in [0.05, 0.1) is 29.9 Å². The number of carbonyl (C=O) groups is 1. The van der Waals surface area contributed by atoms with Crippen molar-refractivity contribution in [2.24, 2.45) is 0 Å². The number of carbonyl (C=O) groups excluding carboxylic acids is 1. The number of oxazole rings is 1. The lowest BCUT2D eigenvalue weighted by Crippen LogP contribution is -2.24. The van der Waals surface area contributed by atoms with Gasteiger partial charge in [-0.15, -0.1) is 11.3 Å². The Morgan fingerprint density at radius 3 is 2.83 bits per heavy atom. The molecule has 1 saturated carbocycles. The van der Waals surface area contributed by atoms with Crippen molar-refractivity contribution in [2.75, 3.05) is 7.11 Å². The van der Waals surface area contributed by atoms with Crippen molar-refractivity contribution in [3.63, 3.8) is 0 Å². The molecule has 3 heterocycles. The molecule has 1 fully saturated rings. The first-order valence-corrected chi connectivity index (χ1v) is 12.6. The van der Waals surface area contributed by atoms with Gasteiger partial charge in [-0.05, 0) is 48.6 Å². The Bertz CT molecular complexity index is 1660. The molecule has 0 saturated heterocycles. The SMILES string of the molecule is CCC(=O)Oc1cccc2c1sc1nc(-c3ccc(OC)cc3C3CC3)n(Cc3cnco3)c(=O)c12. The normalized spacial score (nSPS) is 13.4. The molecule has 8 nitrogen and oxygen atoms in total. The van der Waals surface area contributed by atoms with Crippen molar-refractivity contribution >= 4 is 37.6 Å². The van der Waals surface area contributed by atoms with Crippen LogP contribution in [0.4, 0.5) is 0 Å². The maximum absolute atomic E-state index is 14.1. The molecule has 0 radical (unpaired) electrons. The molecular weight excluding hydrogens is 478 g/mol. The summed E-state index contributed by atoms with van der Waals surface area (Å²) in [4.78, 5) is 35.7. The van der Waals surface area contributed by atoms with E-state index < -0.39 is 0 Å². The number of aromatic nitrogens is 3. The number of methoxy groups -OCH3 is 1. The second kappa shape index (κ2) is 8.91. The minimum Gasteiger partial charge on any atom is -0.497 e. The third kappa shape index (κ3) is 3.85. The Kier molecular flexibility index (Phi) is 5.56. The van der Waals surface area contributed by atoms with Gasteiger partial charge in [-0.3, -0.25) is 14.2 Å². The van der Waals surface area contributed by atoms with Gasteiger partial charge in [0, 0.05) is 17.4 Å². The summed E-state index contributed by atoms with van der Waals surface area (Å²) in [6.07, 6.45) is 5.39. The van der Waals surface area contributed by atoms with Gasteiger partial charge in [0.25, 0.3) is 5.56 Å². The summed E-state index contributed by atoms with van der Waals surface area (Å²) in [6.45, 7) is 1.94. The topological polar surface area (TPSA) is 96.5 Å². The van der Waals surface area contributed by atoms with E-state index in [-0.39, 0.29) is 24.5 Å². The number of hydrogen-bond acceptors (Lipinski definition) is 8. The summed E-state index contributed by atoms with van der Waals surface area (Å²) < 4.78 is 18.9. The van der Waals surface area contributed by atoms with Crippen molar-refractivity contribution in [1.29, 1.82) is 0 Å². The number of esters is 1. The summed E-state index contributed by atoms with van der Waals surface area (Å²) >= 11 is 1.36. The molecule has 2 aromatic carbocycles. The molecule has 0 N–H and O–H groups in total. The fourth-order valence-corrected chi connectivity index (χ4v) is 5.58. The Morgan fingerprint density at radius 2 is 2.11 bits per heavy atom. The molecule has 6 rings (SSSR count).